The summed E-state index contributed by atoms with van der Waals surface area (Å²) in [5.74, 6) is 1.55. The molecule has 2 N–H and O–H groups in total. The van der Waals surface area contributed by atoms with Crippen LogP contribution in [0.4, 0.5) is 5.69 Å². The zero-order chi connectivity index (χ0) is 18.2. The van der Waals surface area contributed by atoms with Gasteiger partial charge in [-0.05, 0) is 25.0 Å². The van der Waals surface area contributed by atoms with Gasteiger partial charge < -0.3 is 25.2 Å². The van der Waals surface area contributed by atoms with Crippen molar-refractivity contribution in [2.75, 3.05) is 52.8 Å². The molecule has 26 heavy (non-hydrogen) atoms. The van der Waals surface area contributed by atoms with Gasteiger partial charge in [-0.3, -0.25) is 9.79 Å². The summed E-state index contributed by atoms with van der Waals surface area (Å²) < 4.78 is 5.32. The molecule has 1 amide bonds. The van der Waals surface area contributed by atoms with Crippen LogP contribution >= 0.6 is 24.0 Å². The van der Waals surface area contributed by atoms with Crippen molar-refractivity contribution >= 4 is 41.5 Å². The maximum absolute atomic E-state index is 11.7. The number of nitrogens with zero attached hydrogens (tertiary/aromatic N) is 3. The van der Waals surface area contributed by atoms with E-state index in [9.17, 15) is 4.79 Å². The highest BCUT2D eigenvalue weighted by Gasteiger charge is 2.21. The van der Waals surface area contributed by atoms with Crippen LogP contribution in [0.5, 0.6) is 5.75 Å². The Hall–Kier alpha value is -1.71. The number of carbonyl (C=O) groups is 1. The van der Waals surface area contributed by atoms with Crippen LogP contribution in [-0.4, -0.2) is 70.7 Å². The lowest BCUT2D eigenvalue weighted by atomic mass is 10.0. The van der Waals surface area contributed by atoms with Crippen LogP contribution in [0.3, 0.4) is 0 Å². The van der Waals surface area contributed by atoms with E-state index in [1.54, 1.807) is 33.2 Å². The van der Waals surface area contributed by atoms with E-state index in [-0.39, 0.29) is 42.5 Å². The number of methoxy groups -OCH3 is 1. The Labute approximate surface area is 173 Å². The normalized spacial score (nSPS) is 17.2. The third-order valence-electron chi connectivity index (χ3n) is 4.31. The summed E-state index contributed by atoms with van der Waals surface area (Å²) in [7, 11) is 6.89. The standard InChI is InChI=1S/C18H29N5O2.HI/c1-19-18(20-12-17(24)22(2)3)21-14-7-6-10-23(13-14)15-8-5-9-16(11-15)25-4;/h5,8-9,11,14H,6-7,10,12-13H2,1-4H3,(H2,19,20,21);1H. The maximum atomic E-state index is 11.7. The van der Waals surface area contributed by atoms with Gasteiger partial charge in [-0.1, -0.05) is 6.07 Å². The molecule has 0 saturated carbocycles. The van der Waals surface area contributed by atoms with Crippen LogP contribution in [0.15, 0.2) is 29.3 Å². The molecular formula is C18H30IN5O2. The van der Waals surface area contributed by atoms with E-state index < -0.39 is 0 Å². The number of carbonyl (C=O) groups excluding carboxylic acids is 1. The number of hydrogen-bond acceptors (Lipinski definition) is 4. The molecule has 8 heteroatoms. The van der Waals surface area contributed by atoms with Gasteiger partial charge in [-0.2, -0.15) is 0 Å². The summed E-state index contributed by atoms with van der Waals surface area (Å²) in [5, 5.41) is 6.50. The predicted octanol–water partition coefficient (Wildman–Crippen LogP) is 1.54. The summed E-state index contributed by atoms with van der Waals surface area (Å²) in [6.45, 7) is 2.14. The molecule has 146 valence electrons. The summed E-state index contributed by atoms with van der Waals surface area (Å²) in [4.78, 5) is 19.8. The van der Waals surface area contributed by atoms with Crippen molar-refractivity contribution in [1.29, 1.82) is 0 Å². The molecule has 1 aromatic carbocycles. The lowest BCUT2D eigenvalue weighted by Crippen LogP contribution is -2.52. The number of aliphatic imine (C=N–C) groups is 1. The molecule has 0 aromatic heterocycles. The highest BCUT2D eigenvalue weighted by atomic mass is 127. The summed E-state index contributed by atoms with van der Waals surface area (Å²) in [6.07, 6.45) is 2.17. The number of rotatable bonds is 5. The molecule has 1 saturated heterocycles. The second kappa shape index (κ2) is 11.1. The number of nitrogens with one attached hydrogen (secondary N) is 2. The highest BCUT2D eigenvalue weighted by molar-refractivity contribution is 14.0. The van der Waals surface area contributed by atoms with Crippen molar-refractivity contribution in [3.63, 3.8) is 0 Å². The van der Waals surface area contributed by atoms with Crippen molar-refractivity contribution < 1.29 is 9.53 Å². The zero-order valence-corrected chi connectivity index (χ0v) is 18.3. The van der Waals surface area contributed by atoms with E-state index in [0.717, 1.165) is 37.4 Å². The molecule has 0 aliphatic carbocycles. The van der Waals surface area contributed by atoms with E-state index in [4.69, 9.17) is 4.74 Å². The maximum Gasteiger partial charge on any atom is 0.241 e. The van der Waals surface area contributed by atoms with E-state index in [0.29, 0.717) is 5.96 Å². The largest absolute Gasteiger partial charge is 0.497 e. The molecule has 2 rings (SSSR count). The number of hydrogen-bond donors (Lipinski definition) is 2. The van der Waals surface area contributed by atoms with Gasteiger partial charge in [0.15, 0.2) is 5.96 Å². The second-order valence-electron chi connectivity index (χ2n) is 6.34. The minimum absolute atomic E-state index is 0. The highest BCUT2D eigenvalue weighted by Crippen LogP contribution is 2.24. The quantitative estimate of drug-likeness (QED) is 0.384. The van der Waals surface area contributed by atoms with Gasteiger partial charge >= 0.3 is 0 Å². The third-order valence-corrected chi connectivity index (χ3v) is 4.31. The molecule has 1 aliphatic rings. The van der Waals surface area contributed by atoms with Gasteiger partial charge in [-0.15, -0.1) is 24.0 Å². The second-order valence-corrected chi connectivity index (χ2v) is 6.34. The molecule has 0 spiro atoms. The van der Waals surface area contributed by atoms with Crippen LogP contribution in [-0.2, 0) is 4.79 Å². The van der Waals surface area contributed by atoms with Gasteiger partial charge in [-0.25, -0.2) is 0 Å². The molecule has 1 atom stereocenters. The lowest BCUT2D eigenvalue weighted by molar-refractivity contribution is -0.127. The Kier molecular flexibility index (Phi) is 9.53. The fourth-order valence-electron chi connectivity index (χ4n) is 2.84. The number of halogens is 1. The summed E-state index contributed by atoms with van der Waals surface area (Å²) >= 11 is 0. The van der Waals surface area contributed by atoms with Crippen LogP contribution in [0.1, 0.15) is 12.8 Å². The Morgan fingerprint density at radius 2 is 2.19 bits per heavy atom. The SMILES string of the molecule is CN=C(NCC(=O)N(C)C)NC1CCCN(c2cccc(OC)c2)C1.I. The number of guanidine groups is 1. The number of benzene rings is 1. The first kappa shape index (κ1) is 22.3. The summed E-state index contributed by atoms with van der Waals surface area (Å²) in [5.41, 5.74) is 1.16. The van der Waals surface area contributed by atoms with E-state index in [1.807, 2.05) is 12.1 Å². The minimum Gasteiger partial charge on any atom is -0.497 e. The monoisotopic (exact) mass is 475 g/mol. The van der Waals surface area contributed by atoms with Crippen LogP contribution in [0, 0.1) is 0 Å². The fourth-order valence-corrected chi connectivity index (χ4v) is 2.84. The fraction of sp³-hybridized carbons (Fsp3) is 0.556. The Morgan fingerprint density at radius 3 is 2.85 bits per heavy atom. The molecule has 1 heterocycles. The van der Waals surface area contributed by atoms with Gasteiger partial charge in [0, 0.05) is 52.0 Å². The Morgan fingerprint density at radius 1 is 1.42 bits per heavy atom. The van der Waals surface area contributed by atoms with Gasteiger partial charge in [0.25, 0.3) is 0 Å². The molecule has 0 bridgehead atoms. The first-order chi connectivity index (χ1) is 12.0. The van der Waals surface area contributed by atoms with Gasteiger partial charge in [0.1, 0.15) is 5.75 Å². The van der Waals surface area contributed by atoms with Crippen molar-refractivity contribution in [2.45, 2.75) is 18.9 Å². The van der Waals surface area contributed by atoms with Crippen molar-refractivity contribution in [2.24, 2.45) is 4.99 Å². The number of amides is 1. The van der Waals surface area contributed by atoms with Crippen LogP contribution in [0.2, 0.25) is 0 Å². The van der Waals surface area contributed by atoms with Crippen molar-refractivity contribution in [3.8, 4) is 5.75 Å². The Balaban J connectivity index is 0.00000338. The molecule has 1 unspecified atom stereocenters. The summed E-state index contributed by atoms with van der Waals surface area (Å²) in [6, 6.07) is 8.41. The average molecular weight is 475 g/mol. The lowest BCUT2D eigenvalue weighted by Gasteiger charge is -2.35. The first-order valence-corrected chi connectivity index (χ1v) is 8.60. The van der Waals surface area contributed by atoms with E-state index in [2.05, 4.69) is 32.7 Å². The number of likely N-dealkylation sites (N-methyl/N-ethyl adjacent to an activating group) is 1. The van der Waals surface area contributed by atoms with Crippen LogP contribution in [0.25, 0.3) is 0 Å². The topological polar surface area (TPSA) is 69.2 Å². The molecule has 7 nitrogen and oxygen atoms in total. The predicted molar refractivity (Wildman–Crippen MR) is 117 cm³/mol. The molecule has 1 fully saturated rings. The van der Waals surface area contributed by atoms with Gasteiger partial charge in [0.05, 0.1) is 13.7 Å². The smallest absolute Gasteiger partial charge is 0.241 e. The molecule has 0 radical (unpaired) electrons. The number of anilines is 1. The average Bonchev–Trinajstić information content (AvgIpc) is 2.64. The van der Waals surface area contributed by atoms with Crippen molar-refractivity contribution in [3.05, 3.63) is 24.3 Å². The Bertz CT molecular complexity index is 609. The number of piperidine rings is 1. The zero-order valence-electron chi connectivity index (χ0n) is 16.0. The molecule has 1 aliphatic heterocycles. The molecule has 1 aromatic rings. The number of ether oxygens (including phenoxy) is 1. The van der Waals surface area contributed by atoms with Gasteiger partial charge in [0.2, 0.25) is 5.91 Å². The van der Waals surface area contributed by atoms with E-state index in [1.165, 1.54) is 0 Å². The molecular weight excluding hydrogens is 445 g/mol. The minimum atomic E-state index is 0. The van der Waals surface area contributed by atoms with Crippen molar-refractivity contribution in [1.82, 2.24) is 15.5 Å². The third kappa shape index (κ3) is 6.54. The van der Waals surface area contributed by atoms with Crippen LogP contribution < -0.4 is 20.3 Å². The first-order valence-electron chi connectivity index (χ1n) is 8.60. The van der Waals surface area contributed by atoms with E-state index >= 15 is 0 Å².